The lowest BCUT2D eigenvalue weighted by Crippen LogP contribution is -2.43. The normalized spacial score (nSPS) is 23.9. The molecule has 2 aromatic heterocycles. The quantitative estimate of drug-likeness (QED) is 0.679. The molecule has 0 radical (unpaired) electrons. The number of hydrogen-bond donors (Lipinski definition) is 1. The maximum absolute atomic E-state index is 12.8. The number of nitrogens with zero attached hydrogens (tertiary/aromatic N) is 1. The molecule has 3 nitrogen and oxygen atoms in total. The number of rotatable bonds is 2. The molecule has 4 heteroatoms. The average Bonchev–Trinajstić information content (AvgIpc) is 3.00. The molecule has 1 amide bonds. The zero-order chi connectivity index (χ0) is 17.6. The van der Waals surface area contributed by atoms with Crippen LogP contribution in [0.4, 0.5) is 0 Å². The summed E-state index contributed by atoms with van der Waals surface area (Å²) in [4.78, 5) is 19.2. The van der Waals surface area contributed by atoms with Crippen molar-refractivity contribution in [2.45, 2.75) is 46.1 Å². The zero-order valence-electron chi connectivity index (χ0n) is 15.0. The van der Waals surface area contributed by atoms with E-state index in [9.17, 15) is 4.79 Å². The predicted octanol–water partition coefficient (Wildman–Crippen LogP) is 5.31. The molecular weight excluding hydrogens is 328 g/mol. The molecule has 25 heavy (non-hydrogen) atoms. The summed E-state index contributed by atoms with van der Waals surface area (Å²) in [6.07, 6.45) is 3.56. The molecule has 0 bridgehead atoms. The Morgan fingerprint density at radius 3 is 2.84 bits per heavy atom. The Hall–Kier alpha value is -1.94. The second-order valence-corrected chi connectivity index (χ2v) is 8.57. The van der Waals surface area contributed by atoms with Gasteiger partial charge in [-0.05, 0) is 48.9 Å². The lowest BCUT2D eigenvalue weighted by atomic mass is 9.78. The van der Waals surface area contributed by atoms with Gasteiger partial charge in [-0.25, -0.2) is 4.98 Å². The summed E-state index contributed by atoms with van der Waals surface area (Å²) in [5, 5.41) is 5.45. The Morgan fingerprint density at radius 1 is 1.16 bits per heavy atom. The number of nitrogens with one attached hydrogen (secondary N) is 1. The molecule has 3 aromatic rings. The predicted molar refractivity (Wildman–Crippen MR) is 105 cm³/mol. The molecule has 3 atom stereocenters. The van der Waals surface area contributed by atoms with Crippen molar-refractivity contribution in [3.8, 4) is 0 Å². The van der Waals surface area contributed by atoms with Gasteiger partial charge in [-0.1, -0.05) is 38.8 Å². The third kappa shape index (κ3) is 3.15. The van der Waals surface area contributed by atoms with Crippen molar-refractivity contribution in [1.82, 2.24) is 10.3 Å². The van der Waals surface area contributed by atoms with Gasteiger partial charge in [0, 0.05) is 16.8 Å². The molecule has 1 aliphatic rings. The Balaban J connectivity index is 1.62. The number of amides is 1. The largest absolute Gasteiger partial charge is 0.348 e. The molecule has 2 heterocycles. The molecule has 1 fully saturated rings. The summed E-state index contributed by atoms with van der Waals surface area (Å²) in [6, 6.07) is 10.7. The summed E-state index contributed by atoms with van der Waals surface area (Å²) < 4.78 is 0. The van der Waals surface area contributed by atoms with Crippen LogP contribution in [0.3, 0.4) is 0 Å². The minimum atomic E-state index is 0.0502. The van der Waals surface area contributed by atoms with Gasteiger partial charge in [-0.2, -0.15) is 0 Å². The molecular formula is C21H24N2OS. The van der Waals surface area contributed by atoms with E-state index in [1.165, 1.54) is 29.7 Å². The first-order chi connectivity index (χ1) is 12.0. The van der Waals surface area contributed by atoms with Gasteiger partial charge in [-0.15, -0.1) is 11.3 Å². The molecule has 1 N–H and O–H groups in total. The van der Waals surface area contributed by atoms with Crippen molar-refractivity contribution in [3.05, 3.63) is 40.8 Å². The second-order valence-electron chi connectivity index (χ2n) is 7.54. The third-order valence-electron chi connectivity index (χ3n) is 5.71. The van der Waals surface area contributed by atoms with Crippen LogP contribution in [0.15, 0.2) is 30.3 Å². The summed E-state index contributed by atoms with van der Waals surface area (Å²) >= 11 is 1.49. The van der Waals surface area contributed by atoms with Crippen molar-refractivity contribution in [3.63, 3.8) is 0 Å². The van der Waals surface area contributed by atoms with Crippen LogP contribution in [0.5, 0.6) is 0 Å². The number of aromatic nitrogens is 1. The molecule has 1 aliphatic carbocycles. The Kier molecular flexibility index (Phi) is 4.24. The molecule has 0 unspecified atom stereocenters. The number of fused-ring (bicyclic) bond motifs is 2. The van der Waals surface area contributed by atoms with Gasteiger partial charge in [0.25, 0.3) is 5.91 Å². The third-order valence-corrected chi connectivity index (χ3v) is 6.75. The summed E-state index contributed by atoms with van der Waals surface area (Å²) in [6.45, 7) is 6.63. The van der Waals surface area contributed by atoms with E-state index in [1.54, 1.807) is 0 Å². The summed E-state index contributed by atoms with van der Waals surface area (Å²) in [5.74, 6) is 1.27. The summed E-state index contributed by atoms with van der Waals surface area (Å²) in [7, 11) is 0. The van der Waals surface area contributed by atoms with E-state index in [-0.39, 0.29) is 11.9 Å². The van der Waals surface area contributed by atoms with Gasteiger partial charge in [-0.3, -0.25) is 4.79 Å². The van der Waals surface area contributed by atoms with E-state index in [0.717, 1.165) is 32.4 Å². The minimum absolute atomic E-state index is 0.0502. The Labute approximate surface area is 152 Å². The fourth-order valence-corrected chi connectivity index (χ4v) is 4.80. The first kappa shape index (κ1) is 16.5. The Bertz CT molecular complexity index is 946. The van der Waals surface area contributed by atoms with Crippen LogP contribution in [0.1, 0.15) is 48.3 Å². The van der Waals surface area contributed by atoms with Crippen LogP contribution in [-0.4, -0.2) is 16.9 Å². The maximum atomic E-state index is 12.8. The van der Waals surface area contributed by atoms with Crippen LogP contribution in [-0.2, 0) is 0 Å². The van der Waals surface area contributed by atoms with Gasteiger partial charge in [0.2, 0.25) is 0 Å². The SMILES string of the molecule is Cc1ccc2cc3cc(C(=O)N[C@@H]4CCC[C@H](C)[C@@H]4C)sc3nc2c1. The standard InChI is InChI=1S/C21H24N2OS/c1-12-7-8-15-10-16-11-19(25-21(16)23-18(15)9-12)20(24)22-17-6-4-5-13(2)14(17)3/h7-11,13-14,17H,4-6H2,1-3H3,(H,22,24)/t13-,14-,17+/m0/s1. The van der Waals surface area contributed by atoms with Gasteiger partial charge < -0.3 is 5.32 Å². The fraction of sp³-hybridized carbons (Fsp3) is 0.429. The van der Waals surface area contributed by atoms with E-state index in [2.05, 4.69) is 50.4 Å². The number of thiophene rings is 1. The molecule has 0 aliphatic heterocycles. The smallest absolute Gasteiger partial charge is 0.261 e. The number of pyridine rings is 1. The van der Waals surface area contributed by atoms with Crippen LogP contribution < -0.4 is 5.32 Å². The molecule has 0 saturated heterocycles. The number of carbonyl (C=O) groups excluding carboxylic acids is 1. The number of aryl methyl sites for hydroxylation is 1. The van der Waals surface area contributed by atoms with Gasteiger partial charge >= 0.3 is 0 Å². The van der Waals surface area contributed by atoms with Crippen LogP contribution >= 0.6 is 11.3 Å². The molecule has 130 valence electrons. The molecule has 1 saturated carbocycles. The van der Waals surface area contributed by atoms with Crippen molar-refractivity contribution in [2.24, 2.45) is 11.8 Å². The van der Waals surface area contributed by atoms with E-state index < -0.39 is 0 Å². The van der Waals surface area contributed by atoms with E-state index >= 15 is 0 Å². The average molecular weight is 353 g/mol. The molecule has 4 rings (SSSR count). The lowest BCUT2D eigenvalue weighted by Gasteiger charge is -2.34. The maximum Gasteiger partial charge on any atom is 0.261 e. The van der Waals surface area contributed by atoms with Crippen LogP contribution in [0, 0.1) is 18.8 Å². The molecule has 1 aromatic carbocycles. The zero-order valence-corrected chi connectivity index (χ0v) is 15.8. The van der Waals surface area contributed by atoms with E-state index in [4.69, 9.17) is 4.98 Å². The van der Waals surface area contributed by atoms with Crippen LogP contribution in [0.2, 0.25) is 0 Å². The highest BCUT2D eigenvalue weighted by Crippen LogP contribution is 2.31. The van der Waals surface area contributed by atoms with E-state index in [1.807, 2.05) is 6.07 Å². The van der Waals surface area contributed by atoms with Crippen molar-refractivity contribution >= 4 is 38.4 Å². The minimum Gasteiger partial charge on any atom is -0.348 e. The van der Waals surface area contributed by atoms with Crippen molar-refractivity contribution < 1.29 is 4.79 Å². The van der Waals surface area contributed by atoms with Crippen molar-refractivity contribution in [1.29, 1.82) is 0 Å². The lowest BCUT2D eigenvalue weighted by molar-refractivity contribution is 0.0895. The fourth-order valence-electron chi connectivity index (χ4n) is 3.87. The van der Waals surface area contributed by atoms with Crippen molar-refractivity contribution in [2.75, 3.05) is 0 Å². The van der Waals surface area contributed by atoms with E-state index in [0.29, 0.717) is 11.8 Å². The number of carbonyl (C=O) groups is 1. The highest BCUT2D eigenvalue weighted by atomic mass is 32.1. The summed E-state index contributed by atoms with van der Waals surface area (Å²) in [5.41, 5.74) is 2.20. The highest BCUT2D eigenvalue weighted by molar-refractivity contribution is 7.20. The van der Waals surface area contributed by atoms with Gasteiger partial charge in [0.05, 0.1) is 10.4 Å². The van der Waals surface area contributed by atoms with Gasteiger partial charge in [0.1, 0.15) is 4.83 Å². The topological polar surface area (TPSA) is 42.0 Å². The number of hydrogen-bond acceptors (Lipinski definition) is 3. The Morgan fingerprint density at radius 2 is 2.00 bits per heavy atom. The first-order valence-electron chi connectivity index (χ1n) is 9.13. The monoisotopic (exact) mass is 352 g/mol. The number of benzene rings is 1. The molecule has 0 spiro atoms. The van der Waals surface area contributed by atoms with Gasteiger partial charge in [0.15, 0.2) is 0 Å². The van der Waals surface area contributed by atoms with Crippen LogP contribution in [0.25, 0.3) is 21.1 Å². The highest BCUT2D eigenvalue weighted by Gasteiger charge is 2.28. The first-order valence-corrected chi connectivity index (χ1v) is 9.95. The second kappa shape index (κ2) is 6.41.